The minimum absolute atomic E-state index is 0. The first-order valence-corrected chi connectivity index (χ1v) is 9.66. The SMILES string of the molecule is CCCCCCCCCCCCC([O-])OS(=O)(=O)CC.[Na+]. The monoisotopic (exact) mass is 330 g/mol. The second-order valence-corrected chi connectivity index (χ2v) is 7.23. The molecule has 1 atom stereocenters. The van der Waals surface area contributed by atoms with Crippen LogP contribution in [0.1, 0.15) is 84.5 Å². The van der Waals surface area contributed by atoms with E-state index in [4.69, 9.17) is 0 Å². The Morgan fingerprint density at radius 2 is 1.29 bits per heavy atom. The second kappa shape index (κ2) is 15.8. The van der Waals surface area contributed by atoms with Crippen molar-refractivity contribution in [2.45, 2.75) is 90.8 Å². The van der Waals surface area contributed by atoms with E-state index in [9.17, 15) is 13.5 Å². The Morgan fingerprint density at radius 3 is 1.71 bits per heavy atom. The Morgan fingerprint density at radius 1 is 0.857 bits per heavy atom. The molecule has 0 amide bonds. The molecule has 0 aliphatic carbocycles. The molecule has 0 aromatic rings. The predicted molar refractivity (Wildman–Crippen MR) is 80.8 cm³/mol. The van der Waals surface area contributed by atoms with Gasteiger partial charge in [0.25, 0.3) is 10.1 Å². The summed E-state index contributed by atoms with van der Waals surface area (Å²) >= 11 is 0. The Balaban J connectivity index is 0. The van der Waals surface area contributed by atoms with E-state index in [1.54, 1.807) is 0 Å². The molecule has 0 saturated heterocycles. The average molecular weight is 330 g/mol. The summed E-state index contributed by atoms with van der Waals surface area (Å²) in [5.74, 6) is -0.135. The van der Waals surface area contributed by atoms with E-state index in [0.717, 1.165) is 19.3 Å². The van der Waals surface area contributed by atoms with Crippen LogP contribution in [0.2, 0.25) is 0 Å². The van der Waals surface area contributed by atoms with Gasteiger partial charge in [0.1, 0.15) is 0 Å². The molecule has 1 unspecified atom stereocenters. The van der Waals surface area contributed by atoms with Gasteiger partial charge in [0.2, 0.25) is 0 Å². The van der Waals surface area contributed by atoms with Gasteiger partial charge in [-0.2, -0.15) is 8.42 Å². The molecule has 0 radical (unpaired) electrons. The first kappa shape index (κ1) is 24.1. The molecule has 0 aromatic heterocycles. The zero-order valence-electron chi connectivity index (χ0n) is 14.1. The van der Waals surface area contributed by atoms with E-state index >= 15 is 0 Å². The zero-order valence-corrected chi connectivity index (χ0v) is 16.9. The summed E-state index contributed by atoms with van der Waals surface area (Å²) in [6, 6.07) is 0. The van der Waals surface area contributed by atoms with Crippen LogP contribution in [-0.4, -0.2) is 20.5 Å². The third-order valence-electron chi connectivity index (χ3n) is 3.40. The van der Waals surface area contributed by atoms with Gasteiger partial charge in [0.05, 0.1) is 5.75 Å². The van der Waals surface area contributed by atoms with Crippen LogP contribution in [-0.2, 0) is 14.3 Å². The average Bonchev–Trinajstić information content (AvgIpc) is 2.40. The molecule has 0 aromatic carbocycles. The third-order valence-corrected chi connectivity index (χ3v) is 4.62. The topological polar surface area (TPSA) is 66.4 Å². The first-order chi connectivity index (χ1) is 9.52. The standard InChI is InChI=1S/C15H31O4S.Na/c1-3-5-6-7-8-9-10-11-12-13-14-15(16)19-20(17,18)4-2;/h15H,3-14H2,1-2H3;/q-1;+1. The molecule has 0 rings (SSSR count). The maximum atomic E-state index is 11.3. The van der Waals surface area contributed by atoms with Gasteiger partial charge in [0.15, 0.2) is 0 Å². The second-order valence-electron chi connectivity index (χ2n) is 5.34. The molecular weight excluding hydrogens is 299 g/mol. The van der Waals surface area contributed by atoms with E-state index in [-0.39, 0.29) is 41.7 Å². The van der Waals surface area contributed by atoms with Crippen LogP contribution in [0.3, 0.4) is 0 Å². The quantitative estimate of drug-likeness (QED) is 0.200. The Bertz CT molecular complexity index is 307. The van der Waals surface area contributed by atoms with Crippen molar-refractivity contribution < 1.29 is 47.3 Å². The predicted octanol–water partition coefficient (Wildman–Crippen LogP) is 0.354. The van der Waals surface area contributed by atoms with E-state index in [0.29, 0.717) is 0 Å². The van der Waals surface area contributed by atoms with Crippen LogP contribution in [0.15, 0.2) is 0 Å². The Kier molecular flexibility index (Phi) is 18.1. The molecule has 0 fully saturated rings. The van der Waals surface area contributed by atoms with E-state index in [1.165, 1.54) is 51.9 Å². The molecule has 21 heavy (non-hydrogen) atoms. The van der Waals surface area contributed by atoms with Gasteiger partial charge in [-0.15, -0.1) is 0 Å². The molecule has 0 aliphatic rings. The normalized spacial score (nSPS) is 12.9. The van der Waals surface area contributed by atoms with Crippen molar-refractivity contribution in [3.63, 3.8) is 0 Å². The minimum Gasteiger partial charge on any atom is -0.830 e. The van der Waals surface area contributed by atoms with Crippen molar-refractivity contribution in [3.05, 3.63) is 0 Å². The third kappa shape index (κ3) is 17.1. The summed E-state index contributed by atoms with van der Waals surface area (Å²) in [5, 5.41) is 11.3. The van der Waals surface area contributed by atoms with Crippen molar-refractivity contribution in [3.8, 4) is 0 Å². The van der Waals surface area contributed by atoms with Gasteiger partial charge >= 0.3 is 29.6 Å². The van der Waals surface area contributed by atoms with Gasteiger partial charge in [-0.05, 0) is 13.3 Å². The van der Waals surface area contributed by atoms with Gasteiger partial charge < -0.3 is 5.11 Å². The molecule has 0 N–H and O–H groups in total. The first-order valence-electron chi connectivity index (χ1n) is 8.08. The van der Waals surface area contributed by atoms with E-state index in [1.807, 2.05) is 0 Å². The molecular formula is C15H31NaO4S. The van der Waals surface area contributed by atoms with Crippen molar-refractivity contribution in [1.82, 2.24) is 0 Å². The van der Waals surface area contributed by atoms with E-state index < -0.39 is 16.4 Å². The molecule has 0 spiro atoms. The fourth-order valence-electron chi connectivity index (χ4n) is 2.08. The van der Waals surface area contributed by atoms with Crippen molar-refractivity contribution in [2.75, 3.05) is 5.75 Å². The molecule has 0 saturated carbocycles. The van der Waals surface area contributed by atoms with Crippen molar-refractivity contribution >= 4 is 10.1 Å². The fraction of sp³-hybridized carbons (Fsp3) is 1.00. The van der Waals surface area contributed by atoms with Crippen LogP contribution in [0, 0.1) is 0 Å². The number of hydrogen-bond donors (Lipinski definition) is 0. The Hall–Kier alpha value is 0.870. The summed E-state index contributed by atoms with van der Waals surface area (Å²) in [6.07, 6.45) is 10.8. The molecule has 122 valence electrons. The summed E-state index contributed by atoms with van der Waals surface area (Å²) in [5.41, 5.74) is 0. The van der Waals surface area contributed by atoms with Crippen LogP contribution < -0.4 is 34.7 Å². The summed E-state index contributed by atoms with van der Waals surface area (Å²) < 4.78 is 26.6. The number of unbranched alkanes of at least 4 members (excludes halogenated alkanes) is 9. The number of rotatable bonds is 14. The number of hydrogen-bond acceptors (Lipinski definition) is 4. The molecule has 0 aliphatic heterocycles. The molecule has 0 bridgehead atoms. The van der Waals surface area contributed by atoms with Crippen molar-refractivity contribution in [1.29, 1.82) is 0 Å². The van der Waals surface area contributed by atoms with Crippen molar-refractivity contribution in [2.24, 2.45) is 0 Å². The minimum atomic E-state index is -3.59. The molecule has 6 heteroatoms. The molecule has 0 heterocycles. The fourth-order valence-corrected chi connectivity index (χ4v) is 2.64. The van der Waals surface area contributed by atoms with Gasteiger partial charge in [-0.1, -0.05) is 71.1 Å². The van der Waals surface area contributed by atoms with Crippen LogP contribution in [0.4, 0.5) is 0 Å². The summed E-state index contributed by atoms with van der Waals surface area (Å²) in [7, 11) is -3.59. The summed E-state index contributed by atoms with van der Waals surface area (Å²) in [6.45, 7) is 3.70. The van der Waals surface area contributed by atoms with Gasteiger partial charge in [-0.3, -0.25) is 4.18 Å². The Labute approximate surface area is 153 Å². The van der Waals surface area contributed by atoms with Crippen LogP contribution >= 0.6 is 0 Å². The molecule has 4 nitrogen and oxygen atoms in total. The maximum Gasteiger partial charge on any atom is 1.00 e. The van der Waals surface area contributed by atoms with Crippen LogP contribution in [0.5, 0.6) is 0 Å². The van der Waals surface area contributed by atoms with Gasteiger partial charge in [0, 0.05) is 6.29 Å². The zero-order chi connectivity index (χ0) is 15.3. The smallest absolute Gasteiger partial charge is 0.830 e. The largest absolute Gasteiger partial charge is 1.00 e. The maximum absolute atomic E-state index is 11.3. The van der Waals surface area contributed by atoms with E-state index in [2.05, 4.69) is 11.1 Å². The summed E-state index contributed by atoms with van der Waals surface area (Å²) in [4.78, 5) is 0. The van der Waals surface area contributed by atoms with Gasteiger partial charge in [-0.25, -0.2) is 0 Å². The van der Waals surface area contributed by atoms with Crippen LogP contribution in [0.25, 0.3) is 0 Å².